The molecule has 696 valence electrons. The third-order valence-electron chi connectivity index (χ3n) is 22.2. The van der Waals surface area contributed by atoms with Crippen molar-refractivity contribution in [1.82, 2.24) is 92.6 Å². The van der Waals surface area contributed by atoms with E-state index in [9.17, 15) is 51.1 Å². The van der Waals surface area contributed by atoms with Crippen LogP contribution in [-0.4, -0.2) is 391 Å². The summed E-state index contributed by atoms with van der Waals surface area (Å²) < 4.78 is 38.2. The summed E-state index contributed by atoms with van der Waals surface area (Å²) in [4.78, 5) is 60.1. The molecular weight excluding hydrogens is 1720 g/mol. The highest BCUT2D eigenvalue weighted by atomic mass is 31.2. The van der Waals surface area contributed by atoms with Crippen molar-refractivity contribution in [3.63, 3.8) is 0 Å². The highest BCUT2D eigenvalue weighted by molar-refractivity contribution is 7.73. The average molecular weight is 1850 g/mol. The first-order valence-corrected chi connectivity index (χ1v) is 57.9. The fraction of sp³-hybridized carbons (Fsp3) is 0.622. The summed E-state index contributed by atoms with van der Waals surface area (Å²) in [5.41, 5.74) is 12.6. The number of nitrogens with one attached hydrogen (secondary N) is 4. The lowest BCUT2D eigenvalue weighted by Crippen LogP contribution is -2.31. The van der Waals surface area contributed by atoms with Gasteiger partial charge < -0.3 is 102 Å². The van der Waals surface area contributed by atoms with Crippen LogP contribution in [-0.2, 0) is 23.7 Å². The molecule has 10 aromatic heterocycles. The maximum absolute atomic E-state index is 10.5. The number of hydrogen-bond donors (Lipinski definition) is 15. The zero-order valence-corrected chi connectivity index (χ0v) is 79.5. The minimum absolute atomic E-state index is 0.282. The third kappa shape index (κ3) is 24.3. The lowest BCUT2D eigenvalue weighted by Gasteiger charge is -2.18. The van der Waals surface area contributed by atoms with Crippen LogP contribution in [0.4, 0.5) is 29.0 Å². The summed E-state index contributed by atoms with van der Waals surface area (Å²) in [6.45, 7) is 25.6. The molecule has 5 unspecified atom stereocenters. The maximum atomic E-state index is 10.5. The molecule has 0 spiro atoms. The first-order chi connectivity index (χ1) is 59.4. The number of imidazole rings is 5. The van der Waals surface area contributed by atoms with Crippen molar-refractivity contribution in [2.45, 2.75) is 202 Å². The van der Waals surface area contributed by atoms with E-state index < -0.39 is 157 Å². The Morgan fingerprint density at radius 2 is 0.659 bits per heavy atom. The molecule has 39 nitrogen and oxygen atoms in total. The molecule has 5 saturated heterocycles. The predicted molar refractivity (Wildman–Crippen MR) is 510 cm³/mol. The quantitative estimate of drug-likeness (QED) is 0.0189. The van der Waals surface area contributed by atoms with Gasteiger partial charge in [0.05, 0.1) is 67.8 Å². The number of pyridine rings is 1. The zero-order valence-electron chi connectivity index (χ0n) is 75.0. The first kappa shape index (κ1) is 99.3. The van der Waals surface area contributed by atoms with Crippen molar-refractivity contribution < 1.29 is 74.7 Å². The molecular formula is C82H133N24O15P5. The highest BCUT2D eigenvalue weighted by Gasteiger charge is 2.49. The van der Waals surface area contributed by atoms with Crippen LogP contribution in [0.2, 0.25) is 0 Å². The van der Waals surface area contributed by atoms with Gasteiger partial charge in [0, 0.05) is 32.9 Å². The van der Waals surface area contributed by atoms with Gasteiger partial charge >= 0.3 is 0 Å². The average Bonchev–Trinajstić information content (AvgIpc) is 1.71. The Bertz CT molecular complexity index is 5530. The first-order valence-electron chi connectivity index (χ1n) is 42.6. The Kier molecular flexibility index (Phi) is 33.3. The largest absolute Gasteiger partial charge is 0.388 e. The smallest absolute Gasteiger partial charge is 0.167 e. The van der Waals surface area contributed by atoms with Gasteiger partial charge in [-0.15, -0.1) is 65.9 Å². The lowest BCUT2D eigenvalue weighted by atomic mass is 10.1. The van der Waals surface area contributed by atoms with E-state index in [1.54, 1.807) is 61.3 Å². The third-order valence-corrected chi connectivity index (χ3v) is 29.6. The molecule has 0 bridgehead atoms. The molecule has 0 aliphatic carbocycles. The van der Waals surface area contributed by atoms with Crippen LogP contribution in [0.25, 0.3) is 55.8 Å². The maximum Gasteiger partial charge on any atom is 0.167 e. The van der Waals surface area contributed by atoms with Crippen molar-refractivity contribution in [1.29, 1.82) is 0 Å². The van der Waals surface area contributed by atoms with Gasteiger partial charge in [0.15, 0.2) is 99.2 Å². The molecule has 0 aromatic carbocycles. The van der Waals surface area contributed by atoms with E-state index in [1.807, 2.05) is 20.0 Å². The molecule has 5 fully saturated rings. The van der Waals surface area contributed by atoms with E-state index >= 15 is 0 Å². The Morgan fingerprint density at radius 1 is 0.365 bits per heavy atom. The van der Waals surface area contributed by atoms with Crippen LogP contribution in [0.1, 0.15) is 109 Å². The molecule has 15 rings (SSSR count). The predicted octanol–water partition coefficient (Wildman–Crippen LogP) is 5.73. The summed E-state index contributed by atoms with van der Waals surface area (Å²) >= 11 is 0. The van der Waals surface area contributed by atoms with Gasteiger partial charge in [-0.3, -0.25) is 22.8 Å². The second-order valence-electron chi connectivity index (χ2n) is 36.3. The van der Waals surface area contributed by atoms with Crippen molar-refractivity contribution in [3.05, 3.63) is 68.7 Å². The number of rotatable bonds is 30. The van der Waals surface area contributed by atoms with Crippen LogP contribution in [0.15, 0.2) is 62.9 Å². The van der Waals surface area contributed by atoms with Crippen LogP contribution < -0.4 is 27.0 Å². The number of nitrogens with two attached hydrogens (primary N) is 1. The van der Waals surface area contributed by atoms with E-state index in [4.69, 9.17) is 29.4 Å². The van der Waals surface area contributed by atoms with Gasteiger partial charge in [0.25, 0.3) is 0 Å². The number of aliphatic hydroxyl groups is 10. The number of fused-ring (bicyclic) bond motifs is 5. The number of nitrogen functional groups attached to an aromatic ring is 1. The monoisotopic (exact) mass is 1850 g/mol. The molecule has 15 heterocycles. The number of anilines is 5. The number of nitrogens with zero attached hydrogens (tertiary/aromatic N) is 19. The van der Waals surface area contributed by atoms with E-state index in [0.29, 0.717) is 118 Å². The molecule has 10 aromatic rings. The van der Waals surface area contributed by atoms with Crippen molar-refractivity contribution in [2.75, 3.05) is 151 Å². The molecule has 126 heavy (non-hydrogen) atoms. The SMILES string of the molecule is C=P(C)(C)CCC1O[C@@H](n2cnc3c(N)nc(C)nc32)[C@H](O)[C@@H]1O.C=P(C)(C)CCC1O[C@@H](n2cnc3c(NC)ccnc32)[C@H](O)[C@@H]1O.C=P(C)(C)CCC1O[C@@H](n2cnc3c(NCC)ncnc32)[C@H](O)[C@@H]1O.C=P(C)(C)CCC1O[C@@H](n2cnc3c(NCCC)ncnc32)[C@H](O)[C@@H]1O.C=P(C)(C)CCC1O[C@@H](n2cnc3c(NCCCC)ncnc32)[C@H](O)[C@@H]1O. The van der Waals surface area contributed by atoms with Gasteiger partial charge in [-0.1, -0.05) is 20.3 Å². The van der Waals surface area contributed by atoms with Crippen molar-refractivity contribution >= 4 is 151 Å². The number of aliphatic hydroxyl groups excluding tert-OH is 10. The van der Waals surface area contributed by atoms with Gasteiger partial charge in [-0.25, -0.2) is 69.8 Å². The van der Waals surface area contributed by atoms with Crippen molar-refractivity contribution in [3.8, 4) is 0 Å². The number of hydrogen-bond acceptors (Lipinski definition) is 34. The highest BCUT2D eigenvalue weighted by Crippen LogP contribution is 2.46. The van der Waals surface area contributed by atoms with Gasteiger partial charge in [0.2, 0.25) is 0 Å². The second-order valence-corrected chi connectivity index (χ2v) is 57.9. The van der Waals surface area contributed by atoms with E-state index in [2.05, 4.69) is 203 Å². The summed E-state index contributed by atoms with van der Waals surface area (Å²) in [6, 6.07) is 1.84. The topological polar surface area (TPSA) is 528 Å². The van der Waals surface area contributed by atoms with Crippen LogP contribution in [0.5, 0.6) is 0 Å². The van der Waals surface area contributed by atoms with Crippen molar-refractivity contribution in [2.24, 2.45) is 0 Å². The molecule has 5 aliphatic rings. The van der Waals surface area contributed by atoms with Crippen LogP contribution >= 0.6 is 34.4 Å². The fourth-order valence-corrected chi connectivity index (χ4v) is 20.0. The van der Waals surface area contributed by atoms with Crippen LogP contribution in [0.3, 0.4) is 0 Å². The molecule has 0 radical (unpaired) electrons. The number of ether oxygens (including phenoxy) is 5. The fourth-order valence-electron chi connectivity index (χ4n) is 15.2. The minimum atomic E-state index is -1.23. The van der Waals surface area contributed by atoms with Gasteiger partial charge in [0.1, 0.15) is 96.9 Å². The summed E-state index contributed by atoms with van der Waals surface area (Å²) in [7, 11) is 1.82. The lowest BCUT2D eigenvalue weighted by molar-refractivity contribution is -0.0353. The van der Waals surface area contributed by atoms with Gasteiger partial charge in [-0.05, 0) is 162 Å². The number of aromatic nitrogens is 19. The zero-order chi connectivity index (χ0) is 91.8. The number of aryl methyl sites for hydroxylation is 1. The number of unbranched alkanes of at least 4 members (excludes halogenated alkanes) is 1. The van der Waals surface area contributed by atoms with Gasteiger partial charge in [-0.2, -0.15) is 0 Å². The van der Waals surface area contributed by atoms with E-state index in [0.717, 1.165) is 68.8 Å². The molecule has 16 N–H and O–H groups in total. The Labute approximate surface area is 735 Å². The Morgan fingerprint density at radius 3 is 0.960 bits per heavy atom. The Hall–Kier alpha value is -7.28. The Balaban J connectivity index is 0.000000153. The molecule has 5 aliphatic heterocycles. The van der Waals surface area contributed by atoms with E-state index in [1.165, 1.54) is 25.3 Å². The summed E-state index contributed by atoms with van der Waals surface area (Å²) in [5.74, 6) is 2.75. The van der Waals surface area contributed by atoms with E-state index in [-0.39, 0.29) is 5.82 Å². The molecule has 20 atom stereocenters. The van der Waals surface area contributed by atoms with Crippen LogP contribution in [0, 0.1) is 6.92 Å². The minimum Gasteiger partial charge on any atom is -0.388 e. The standard InChI is InChI=1S/C18H30N5O3P.C17H28N5O3P.C16H26N5O3P.C16H25N4O3P.C15H24N5O3P/c1-5-6-8-19-16-13-17(21-10-20-16)23(11-22-13)18-15(25)14(24)12(26-18)7-9-27(2,3)4;1-5-7-18-15-12-16(20-9-19-15)22(10-21-12)17-14(24)13(23)11(25-17)6-8-26(2,3)4;1-5-17-14-11-15(19-8-18-14)21(9-20-11)16-13(23)12(22)10(24-16)6-7-25(2,3)4;1-17-10-5-7-18-15-12(10)19-9-20(15)16-14(22)13(21)11(23-16)6-8-24(2,3)4;1-8-18-13(16)10-14(19-8)20(7-17-10)15-12(22)11(21)9(23-15)5-6-24(2,3)4/h10-12,14-15,18,24-25H,2,5-9H2,1,3-4H3,(H,19,20,21);9-11,13-14,17,23-24H,2,5-8H2,1,3-4H3,(H,18,19,20);8-10,12-13,16,22-23H,2,5-7H2,1,3-4H3,(H,17,18,19);5,7,9,11,13-14,16,21-22H,2,6,8H2,1,3-4H3,(H,17,18);7,9,11-12,15,21-22H,2,5-6H2,1,3-4H3,(H2,16,18,19)/t12?,14-,15-,18-;11?,13-,14-,17-;10?,12-,13-,16-;11?,13-,14-,16-;9?,11-,12-,15-/m11111/s1. The molecule has 44 heteroatoms. The second kappa shape index (κ2) is 42.3. The molecule has 0 saturated carbocycles. The normalized spacial score (nSPS) is 27.0. The molecule has 0 amide bonds. The summed E-state index contributed by atoms with van der Waals surface area (Å²) in [6.07, 6.45) is 30.1. The summed E-state index contributed by atoms with van der Waals surface area (Å²) in [5, 5.41) is 117.